The molecule has 7 nitrogen and oxygen atoms in total. The van der Waals surface area contributed by atoms with Gasteiger partial charge in [-0.1, -0.05) is 13.8 Å². The van der Waals surface area contributed by atoms with Crippen molar-refractivity contribution in [2.24, 2.45) is 5.73 Å². The Bertz CT molecular complexity index is 355. The molecule has 0 saturated heterocycles. The van der Waals surface area contributed by atoms with Gasteiger partial charge in [0.25, 0.3) is 0 Å². The van der Waals surface area contributed by atoms with Crippen molar-refractivity contribution in [3.63, 3.8) is 0 Å². The van der Waals surface area contributed by atoms with Crippen LogP contribution < -0.4 is 15.2 Å². The molecule has 18 heavy (non-hydrogen) atoms. The number of hydrogen-bond donors (Lipinski definition) is 3. The van der Waals surface area contributed by atoms with Crippen LogP contribution in [0.3, 0.4) is 0 Å². The Hall–Kier alpha value is -0.860. The first-order chi connectivity index (χ1) is 8.20. The Balaban J connectivity index is 4.70. The standard InChI is InChI=1S/C10H23N3O4S/c1-5-10(6-2,7-11)13-18(15,16)12-9(14)17-8(3)4/h8,13H,5-7,11H2,1-4H3,(H,12,14). The number of hydrogen-bond acceptors (Lipinski definition) is 5. The van der Waals surface area contributed by atoms with Crippen LogP contribution >= 0.6 is 0 Å². The molecule has 0 unspecified atom stereocenters. The molecule has 1 amide bonds. The Kier molecular flexibility index (Phi) is 6.58. The molecule has 0 bridgehead atoms. The highest BCUT2D eigenvalue weighted by atomic mass is 32.2. The van der Waals surface area contributed by atoms with Crippen LogP contribution in [0.25, 0.3) is 0 Å². The number of ether oxygens (including phenoxy) is 1. The average molecular weight is 281 g/mol. The molecule has 0 rings (SSSR count). The summed E-state index contributed by atoms with van der Waals surface area (Å²) < 4.78 is 32.4. The minimum absolute atomic E-state index is 0.153. The van der Waals surface area contributed by atoms with E-state index in [1.54, 1.807) is 18.6 Å². The van der Waals surface area contributed by atoms with Gasteiger partial charge in [-0.3, -0.25) is 0 Å². The number of amides is 1. The van der Waals surface area contributed by atoms with Gasteiger partial charge in [-0.15, -0.1) is 0 Å². The fraction of sp³-hybridized carbons (Fsp3) is 0.900. The molecule has 0 spiro atoms. The van der Waals surface area contributed by atoms with E-state index in [0.29, 0.717) is 12.8 Å². The summed E-state index contributed by atoms with van der Waals surface area (Å²) in [5.74, 6) is 0. The van der Waals surface area contributed by atoms with Crippen molar-refractivity contribution in [3.8, 4) is 0 Å². The molecule has 0 aliphatic heterocycles. The van der Waals surface area contributed by atoms with Gasteiger partial charge in [-0.05, 0) is 26.7 Å². The molecule has 8 heteroatoms. The predicted octanol–water partition coefficient (Wildman–Crippen LogP) is 0.473. The number of carbonyl (C=O) groups is 1. The van der Waals surface area contributed by atoms with Crippen LogP contribution in [0.1, 0.15) is 40.5 Å². The fourth-order valence-corrected chi connectivity index (χ4v) is 2.64. The van der Waals surface area contributed by atoms with Gasteiger partial charge in [0.2, 0.25) is 0 Å². The van der Waals surface area contributed by atoms with Crippen molar-refractivity contribution in [1.29, 1.82) is 0 Å². The number of rotatable bonds is 7. The van der Waals surface area contributed by atoms with Gasteiger partial charge in [-0.2, -0.15) is 13.1 Å². The molecule has 108 valence electrons. The summed E-state index contributed by atoms with van der Waals surface area (Å²) >= 11 is 0. The lowest BCUT2D eigenvalue weighted by atomic mass is 9.95. The van der Waals surface area contributed by atoms with Gasteiger partial charge in [0.1, 0.15) is 0 Å². The topological polar surface area (TPSA) is 111 Å². The first-order valence-corrected chi connectivity index (χ1v) is 7.41. The van der Waals surface area contributed by atoms with E-state index in [-0.39, 0.29) is 6.54 Å². The van der Waals surface area contributed by atoms with Gasteiger partial charge >= 0.3 is 16.3 Å². The maximum absolute atomic E-state index is 11.7. The Morgan fingerprint density at radius 1 is 1.33 bits per heavy atom. The first-order valence-electron chi connectivity index (χ1n) is 5.92. The second-order valence-corrected chi connectivity index (χ2v) is 5.77. The first kappa shape index (κ1) is 17.1. The zero-order valence-corrected chi connectivity index (χ0v) is 12.1. The van der Waals surface area contributed by atoms with Gasteiger partial charge in [0, 0.05) is 12.1 Å². The molecular formula is C10H23N3O4S. The Morgan fingerprint density at radius 3 is 2.17 bits per heavy atom. The van der Waals surface area contributed by atoms with E-state index < -0.39 is 27.9 Å². The molecule has 0 fully saturated rings. The van der Waals surface area contributed by atoms with Crippen LogP contribution in [0, 0.1) is 0 Å². The van der Waals surface area contributed by atoms with E-state index in [2.05, 4.69) is 4.72 Å². The van der Waals surface area contributed by atoms with Crippen molar-refractivity contribution in [2.75, 3.05) is 6.54 Å². The van der Waals surface area contributed by atoms with E-state index in [1.165, 1.54) is 0 Å². The normalized spacial score (nSPS) is 12.6. The molecule has 4 N–H and O–H groups in total. The summed E-state index contributed by atoms with van der Waals surface area (Å²) in [5, 5.41) is 0. The maximum Gasteiger partial charge on any atom is 0.422 e. The second kappa shape index (κ2) is 6.91. The van der Waals surface area contributed by atoms with Crippen LogP contribution in [-0.2, 0) is 14.9 Å². The monoisotopic (exact) mass is 281 g/mol. The van der Waals surface area contributed by atoms with Crippen LogP contribution in [0.15, 0.2) is 0 Å². The van der Waals surface area contributed by atoms with E-state index in [0.717, 1.165) is 0 Å². The molecule has 0 aromatic rings. The molecule has 0 radical (unpaired) electrons. The smallest absolute Gasteiger partial charge is 0.422 e. The molecular weight excluding hydrogens is 258 g/mol. The van der Waals surface area contributed by atoms with Gasteiger partial charge in [-0.25, -0.2) is 9.52 Å². The van der Waals surface area contributed by atoms with Crippen LogP contribution in [0.5, 0.6) is 0 Å². The van der Waals surface area contributed by atoms with E-state index in [4.69, 9.17) is 10.5 Å². The fourth-order valence-electron chi connectivity index (χ4n) is 1.38. The van der Waals surface area contributed by atoms with Crippen LogP contribution in [-0.4, -0.2) is 32.7 Å². The summed E-state index contributed by atoms with van der Waals surface area (Å²) in [6.45, 7) is 7.06. The van der Waals surface area contributed by atoms with E-state index in [9.17, 15) is 13.2 Å². The molecule has 0 aromatic carbocycles. The molecule has 0 aliphatic carbocycles. The van der Waals surface area contributed by atoms with E-state index in [1.807, 2.05) is 13.8 Å². The highest BCUT2D eigenvalue weighted by molar-refractivity contribution is 7.88. The summed E-state index contributed by atoms with van der Waals surface area (Å²) in [7, 11) is -3.97. The third-order valence-electron chi connectivity index (χ3n) is 2.66. The lowest BCUT2D eigenvalue weighted by Gasteiger charge is -2.30. The van der Waals surface area contributed by atoms with Crippen LogP contribution in [0.2, 0.25) is 0 Å². The molecule has 0 saturated carbocycles. The van der Waals surface area contributed by atoms with E-state index >= 15 is 0 Å². The average Bonchev–Trinajstić information content (AvgIpc) is 2.24. The van der Waals surface area contributed by atoms with Gasteiger partial charge < -0.3 is 10.5 Å². The summed E-state index contributed by atoms with van der Waals surface area (Å²) in [6, 6.07) is 0. The lowest BCUT2D eigenvalue weighted by Crippen LogP contribution is -2.56. The minimum atomic E-state index is -3.97. The van der Waals surface area contributed by atoms with Crippen molar-refractivity contribution in [3.05, 3.63) is 0 Å². The number of carbonyl (C=O) groups excluding carboxylic acids is 1. The van der Waals surface area contributed by atoms with Crippen molar-refractivity contribution in [2.45, 2.75) is 52.2 Å². The summed E-state index contributed by atoms with van der Waals surface area (Å²) in [5.41, 5.74) is 4.83. The predicted molar refractivity (Wildman–Crippen MR) is 69.2 cm³/mol. The Morgan fingerprint density at radius 2 is 1.83 bits per heavy atom. The molecule has 0 aromatic heterocycles. The largest absolute Gasteiger partial charge is 0.446 e. The Labute approximate surface area is 109 Å². The summed E-state index contributed by atoms with van der Waals surface area (Å²) in [6.07, 6.45) is -0.340. The number of nitrogens with one attached hydrogen (secondary N) is 2. The SMILES string of the molecule is CCC(CC)(CN)NS(=O)(=O)NC(=O)OC(C)C. The lowest BCUT2D eigenvalue weighted by molar-refractivity contribution is 0.121. The third kappa shape index (κ3) is 5.65. The highest BCUT2D eigenvalue weighted by Crippen LogP contribution is 2.14. The molecule has 0 heterocycles. The molecule has 0 aliphatic rings. The maximum atomic E-state index is 11.7. The third-order valence-corrected chi connectivity index (χ3v) is 3.79. The zero-order valence-electron chi connectivity index (χ0n) is 11.3. The van der Waals surface area contributed by atoms with Crippen LogP contribution in [0.4, 0.5) is 4.79 Å². The summed E-state index contributed by atoms with van der Waals surface area (Å²) in [4.78, 5) is 11.2. The van der Waals surface area contributed by atoms with Crippen molar-refractivity contribution in [1.82, 2.24) is 9.44 Å². The van der Waals surface area contributed by atoms with Crippen molar-refractivity contribution >= 4 is 16.3 Å². The number of nitrogens with two attached hydrogens (primary N) is 1. The van der Waals surface area contributed by atoms with Gasteiger partial charge in [0.05, 0.1) is 6.10 Å². The second-order valence-electron chi connectivity index (χ2n) is 4.35. The minimum Gasteiger partial charge on any atom is -0.446 e. The van der Waals surface area contributed by atoms with Crippen molar-refractivity contribution < 1.29 is 17.9 Å². The quantitative estimate of drug-likeness (QED) is 0.628. The van der Waals surface area contributed by atoms with Gasteiger partial charge in [0.15, 0.2) is 0 Å². The zero-order chi connectivity index (χ0) is 14.4. The highest BCUT2D eigenvalue weighted by Gasteiger charge is 2.31. The molecule has 0 atom stereocenters.